The molecule has 5 nitrogen and oxygen atoms in total. The van der Waals surface area contributed by atoms with E-state index in [0.717, 1.165) is 12.1 Å². The molecule has 0 saturated carbocycles. The number of carbonyl (C=O) groups excluding carboxylic acids is 3. The molecule has 10 heteroatoms. The number of piperidine rings is 1. The monoisotopic (exact) mass is 552 g/mol. The maximum absolute atomic E-state index is 13.6. The number of halogens is 5. The predicted molar refractivity (Wildman–Crippen MR) is 136 cm³/mol. The molecule has 0 N–H and O–H groups in total. The molecule has 3 aromatic rings. The zero-order chi connectivity index (χ0) is 27.4. The average molecular weight is 553 g/mol. The van der Waals surface area contributed by atoms with Crippen molar-refractivity contribution in [3.63, 3.8) is 0 Å². The summed E-state index contributed by atoms with van der Waals surface area (Å²) >= 11 is 12.9. The minimum atomic E-state index is -4.54. The zero-order valence-corrected chi connectivity index (χ0v) is 22.2. The van der Waals surface area contributed by atoms with E-state index in [1.165, 1.54) is 29.8 Å². The topological polar surface area (TPSA) is 59.4 Å². The van der Waals surface area contributed by atoms with E-state index in [1.54, 1.807) is 18.7 Å². The van der Waals surface area contributed by atoms with Gasteiger partial charge in [-0.15, -0.1) is 0 Å². The number of fused-ring (bicyclic) bond motifs is 1. The van der Waals surface area contributed by atoms with Crippen LogP contribution in [-0.4, -0.2) is 40.0 Å². The Kier molecular flexibility index (Phi) is 7.20. The first-order valence-corrected chi connectivity index (χ1v) is 12.5. The summed E-state index contributed by atoms with van der Waals surface area (Å²) in [5.41, 5.74) is -0.135. The molecule has 1 amide bonds. The molecule has 37 heavy (non-hydrogen) atoms. The molecule has 1 aliphatic rings. The number of aromatic nitrogens is 1. The largest absolute Gasteiger partial charge is 0.416 e. The predicted octanol–water partition coefficient (Wildman–Crippen LogP) is 6.73. The molecule has 1 saturated heterocycles. The van der Waals surface area contributed by atoms with Crippen LogP contribution in [0.3, 0.4) is 0 Å². The molecule has 0 radical (unpaired) electrons. The van der Waals surface area contributed by atoms with Crippen LogP contribution in [0.1, 0.15) is 57.8 Å². The lowest BCUT2D eigenvalue weighted by Gasteiger charge is -2.36. The number of hydrogen-bond donors (Lipinski definition) is 0. The summed E-state index contributed by atoms with van der Waals surface area (Å²) in [7, 11) is 1.49. The van der Waals surface area contributed by atoms with E-state index in [0.29, 0.717) is 30.5 Å². The van der Waals surface area contributed by atoms with Gasteiger partial charge in [0.25, 0.3) is 5.91 Å². The van der Waals surface area contributed by atoms with Gasteiger partial charge in [-0.3, -0.25) is 14.4 Å². The van der Waals surface area contributed by atoms with Gasteiger partial charge in [-0.2, -0.15) is 13.2 Å². The van der Waals surface area contributed by atoms with Gasteiger partial charge in [0.05, 0.1) is 32.4 Å². The van der Waals surface area contributed by atoms with E-state index in [-0.39, 0.29) is 55.9 Å². The summed E-state index contributed by atoms with van der Waals surface area (Å²) in [6.07, 6.45) is -4.00. The Hall–Kier alpha value is -2.84. The number of likely N-dealkylation sites (tertiary alicyclic amines) is 1. The fourth-order valence-corrected chi connectivity index (χ4v) is 5.77. The van der Waals surface area contributed by atoms with Crippen LogP contribution in [0.2, 0.25) is 10.0 Å². The molecule has 1 aromatic heterocycles. The second-order valence-corrected chi connectivity index (χ2v) is 10.4. The Morgan fingerprint density at radius 1 is 1.08 bits per heavy atom. The van der Waals surface area contributed by atoms with E-state index >= 15 is 0 Å². The highest BCUT2D eigenvalue weighted by Gasteiger charge is 2.34. The maximum Gasteiger partial charge on any atom is 0.416 e. The molecule has 0 bridgehead atoms. The van der Waals surface area contributed by atoms with Crippen molar-refractivity contribution in [1.82, 2.24) is 9.47 Å². The lowest BCUT2D eigenvalue weighted by atomic mass is 9.84. The number of Topliss-reactive ketones (excluding diaryl/α,β-unsaturated/α-hetero) is 1. The van der Waals surface area contributed by atoms with Gasteiger partial charge < -0.3 is 9.47 Å². The van der Waals surface area contributed by atoms with Crippen molar-refractivity contribution in [2.24, 2.45) is 18.9 Å². The second kappa shape index (κ2) is 9.80. The first kappa shape index (κ1) is 27.2. The number of rotatable bonds is 4. The Morgan fingerprint density at radius 2 is 1.76 bits per heavy atom. The Balaban J connectivity index is 1.73. The fraction of sp³-hybridized carbons (Fsp3) is 0.370. The number of hydrogen-bond acceptors (Lipinski definition) is 3. The third-order valence-corrected chi connectivity index (χ3v) is 7.90. The zero-order valence-electron chi connectivity index (χ0n) is 20.7. The van der Waals surface area contributed by atoms with Crippen LogP contribution >= 0.6 is 23.2 Å². The van der Waals surface area contributed by atoms with Crippen molar-refractivity contribution in [1.29, 1.82) is 0 Å². The first-order chi connectivity index (χ1) is 17.2. The highest BCUT2D eigenvalue weighted by atomic mass is 35.5. The van der Waals surface area contributed by atoms with Crippen LogP contribution in [0.5, 0.6) is 0 Å². The molecule has 0 unspecified atom stereocenters. The molecule has 1 fully saturated rings. The van der Waals surface area contributed by atoms with E-state index in [9.17, 15) is 27.6 Å². The van der Waals surface area contributed by atoms with E-state index in [4.69, 9.17) is 23.2 Å². The molecule has 2 aromatic carbocycles. The van der Waals surface area contributed by atoms with Crippen molar-refractivity contribution >= 4 is 51.6 Å². The van der Waals surface area contributed by atoms with Gasteiger partial charge in [0, 0.05) is 37.0 Å². The third kappa shape index (κ3) is 4.89. The second-order valence-electron chi connectivity index (χ2n) is 9.66. The minimum absolute atomic E-state index is 0.0214. The number of aryl methyl sites for hydroxylation is 2. The van der Waals surface area contributed by atoms with Crippen LogP contribution in [0.4, 0.5) is 13.2 Å². The van der Waals surface area contributed by atoms with Gasteiger partial charge in [0.1, 0.15) is 5.78 Å². The molecular formula is C27H25Cl2F3N2O3. The summed E-state index contributed by atoms with van der Waals surface area (Å²) < 4.78 is 41.4. The molecule has 0 spiro atoms. The van der Waals surface area contributed by atoms with E-state index in [2.05, 4.69) is 0 Å². The SMILES string of the molecule is CC(=O)[C@H]1CCN(C(=O)c2ccc(Cl)c(C(=O)c3cc4c(C)cc(C(F)(F)F)cc4n3C)c2Cl)C[C@H]1C. The quantitative estimate of drug-likeness (QED) is 0.337. The number of nitrogens with zero attached hydrogens (tertiary/aromatic N) is 2. The summed E-state index contributed by atoms with van der Waals surface area (Å²) in [5, 5.41) is 0.385. The van der Waals surface area contributed by atoms with Gasteiger partial charge in [0.15, 0.2) is 0 Å². The molecule has 4 rings (SSSR count). The van der Waals surface area contributed by atoms with Gasteiger partial charge >= 0.3 is 6.18 Å². The van der Waals surface area contributed by atoms with Crippen molar-refractivity contribution in [2.45, 2.75) is 33.4 Å². The molecule has 2 atom stereocenters. The smallest absolute Gasteiger partial charge is 0.341 e. The van der Waals surface area contributed by atoms with Gasteiger partial charge in [0.2, 0.25) is 5.78 Å². The number of amides is 1. The van der Waals surface area contributed by atoms with Gasteiger partial charge in [-0.25, -0.2) is 0 Å². The number of benzene rings is 2. The van der Waals surface area contributed by atoms with Crippen molar-refractivity contribution < 1.29 is 27.6 Å². The highest BCUT2D eigenvalue weighted by molar-refractivity contribution is 6.42. The maximum atomic E-state index is 13.6. The summed E-state index contributed by atoms with van der Waals surface area (Å²) in [6, 6.07) is 6.39. The van der Waals surface area contributed by atoms with Gasteiger partial charge in [-0.1, -0.05) is 30.1 Å². The Labute approximate surface area is 222 Å². The van der Waals surface area contributed by atoms with Crippen molar-refractivity contribution in [3.05, 3.63) is 68.3 Å². The summed E-state index contributed by atoms with van der Waals surface area (Å²) in [5.74, 6) is -1.05. The lowest BCUT2D eigenvalue weighted by Crippen LogP contribution is -2.44. The fourth-order valence-electron chi connectivity index (χ4n) is 5.15. The number of ketones is 2. The standard InChI is InChI=1S/C27H25Cl2F3N2O3/c1-13-9-16(27(30,31)32)10-21-19(13)11-22(33(21)4)25(36)23-20(28)6-5-18(24(23)29)26(37)34-8-7-17(15(3)35)14(2)12-34/h5-6,9-11,14,17H,7-8,12H2,1-4H3/t14-,17+/m1/s1. The van der Waals surface area contributed by atoms with Crippen molar-refractivity contribution in [2.75, 3.05) is 13.1 Å². The van der Waals surface area contributed by atoms with Gasteiger partial charge in [-0.05, 0) is 62.1 Å². The summed E-state index contributed by atoms with van der Waals surface area (Å²) in [6.45, 7) is 5.75. The molecule has 0 aliphatic carbocycles. The van der Waals surface area contributed by atoms with E-state index < -0.39 is 17.5 Å². The van der Waals surface area contributed by atoms with Crippen LogP contribution in [-0.2, 0) is 18.0 Å². The van der Waals surface area contributed by atoms with E-state index in [1.807, 2.05) is 6.92 Å². The number of alkyl halides is 3. The van der Waals surface area contributed by atoms with Crippen LogP contribution in [0.15, 0.2) is 30.3 Å². The van der Waals surface area contributed by atoms with Crippen molar-refractivity contribution in [3.8, 4) is 0 Å². The molecule has 2 heterocycles. The van der Waals surface area contributed by atoms with Crippen LogP contribution in [0, 0.1) is 18.8 Å². The van der Waals surface area contributed by atoms with Crippen LogP contribution < -0.4 is 0 Å². The first-order valence-electron chi connectivity index (χ1n) is 11.7. The third-order valence-electron chi connectivity index (χ3n) is 7.19. The highest BCUT2D eigenvalue weighted by Crippen LogP contribution is 2.37. The summed E-state index contributed by atoms with van der Waals surface area (Å²) in [4.78, 5) is 40.4. The normalized spacial score (nSPS) is 18.4. The Morgan fingerprint density at radius 3 is 2.35 bits per heavy atom. The number of carbonyl (C=O) groups is 3. The Bertz CT molecular complexity index is 1450. The minimum Gasteiger partial charge on any atom is -0.341 e. The van der Waals surface area contributed by atoms with Crippen LogP contribution in [0.25, 0.3) is 10.9 Å². The molecular weight excluding hydrogens is 528 g/mol. The average Bonchev–Trinajstić information content (AvgIpc) is 3.15. The molecule has 1 aliphatic heterocycles. The molecule has 196 valence electrons. The lowest BCUT2D eigenvalue weighted by molar-refractivity contribution is -0.137.